The van der Waals surface area contributed by atoms with Crippen LogP contribution in [0, 0.1) is 17.8 Å². The lowest BCUT2D eigenvalue weighted by molar-refractivity contribution is -0.131. The van der Waals surface area contributed by atoms with Crippen molar-refractivity contribution in [2.24, 2.45) is 17.8 Å². The Morgan fingerprint density at radius 2 is 1.61 bits per heavy atom. The number of aromatic hydroxyl groups is 1. The fraction of sp³-hybridized carbons (Fsp3) is 0.344. The maximum atomic E-state index is 11.0. The number of carboxylic acid groups (broad SMARTS) is 1. The Morgan fingerprint density at radius 3 is 2.28 bits per heavy atom. The van der Waals surface area contributed by atoms with Crippen LogP contribution in [-0.4, -0.2) is 16.2 Å². The summed E-state index contributed by atoms with van der Waals surface area (Å²) in [6.45, 7) is 0.528. The molecule has 4 nitrogen and oxygen atoms in total. The van der Waals surface area contributed by atoms with E-state index in [0.29, 0.717) is 12.2 Å². The topological polar surface area (TPSA) is 66.8 Å². The maximum Gasteiger partial charge on any atom is 0.328 e. The lowest BCUT2D eigenvalue weighted by Crippen LogP contribution is -2.48. The Morgan fingerprint density at radius 1 is 0.917 bits per heavy atom. The van der Waals surface area contributed by atoms with E-state index in [1.54, 1.807) is 18.2 Å². The van der Waals surface area contributed by atoms with Gasteiger partial charge in [-0.3, -0.25) is 0 Å². The summed E-state index contributed by atoms with van der Waals surface area (Å²) in [5.74, 6) is 2.57. The van der Waals surface area contributed by atoms with Crippen molar-refractivity contribution < 1.29 is 19.7 Å². The van der Waals surface area contributed by atoms with Crippen molar-refractivity contribution in [2.45, 2.75) is 50.5 Å². The van der Waals surface area contributed by atoms with Crippen LogP contribution in [-0.2, 0) is 16.8 Å². The second-order valence-electron chi connectivity index (χ2n) is 11.1. The normalized spacial score (nSPS) is 26.4. The molecule has 0 atom stereocenters. The molecule has 4 fully saturated rings. The monoisotopic (exact) mass is 480 g/mol. The van der Waals surface area contributed by atoms with Gasteiger partial charge in [-0.2, -0.15) is 0 Å². The van der Waals surface area contributed by atoms with E-state index in [1.807, 2.05) is 30.3 Å². The van der Waals surface area contributed by atoms with Crippen molar-refractivity contribution in [3.05, 3.63) is 89.5 Å². The molecule has 3 aromatic rings. The molecule has 0 saturated heterocycles. The number of aliphatic carboxylic acids is 1. The van der Waals surface area contributed by atoms with Crippen LogP contribution in [0.25, 0.3) is 17.2 Å². The molecule has 4 heteroatoms. The van der Waals surface area contributed by atoms with Crippen LogP contribution in [0.4, 0.5) is 0 Å². The zero-order chi connectivity index (χ0) is 24.7. The fourth-order valence-electron chi connectivity index (χ4n) is 7.47. The Kier molecular flexibility index (Phi) is 5.83. The van der Waals surface area contributed by atoms with E-state index in [0.717, 1.165) is 46.3 Å². The summed E-state index contributed by atoms with van der Waals surface area (Å²) < 4.78 is 6.48. The molecule has 0 aromatic heterocycles. The molecule has 36 heavy (non-hydrogen) atoms. The number of hydrogen-bond acceptors (Lipinski definition) is 3. The first-order chi connectivity index (χ1) is 17.5. The van der Waals surface area contributed by atoms with Crippen molar-refractivity contribution in [3.63, 3.8) is 0 Å². The minimum absolute atomic E-state index is 0.132. The third-order valence-corrected chi connectivity index (χ3v) is 8.58. The van der Waals surface area contributed by atoms with Gasteiger partial charge >= 0.3 is 5.97 Å². The Bertz CT molecular complexity index is 1270. The second-order valence-corrected chi connectivity index (χ2v) is 11.1. The number of benzene rings is 3. The number of ether oxygens (including phenoxy) is 1. The van der Waals surface area contributed by atoms with Crippen LogP contribution in [0.3, 0.4) is 0 Å². The smallest absolute Gasteiger partial charge is 0.328 e. The molecule has 4 aliphatic carbocycles. The molecule has 0 aliphatic heterocycles. The summed E-state index contributed by atoms with van der Waals surface area (Å²) in [4.78, 5) is 11.0. The summed E-state index contributed by atoms with van der Waals surface area (Å²) >= 11 is 0. The molecular weight excluding hydrogens is 448 g/mol. The van der Waals surface area contributed by atoms with E-state index in [-0.39, 0.29) is 11.2 Å². The summed E-state index contributed by atoms with van der Waals surface area (Å²) in [5, 5.41) is 19.8. The number of hydrogen-bond donors (Lipinski definition) is 2. The maximum absolute atomic E-state index is 11.0. The third kappa shape index (κ3) is 4.41. The van der Waals surface area contributed by atoms with E-state index in [4.69, 9.17) is 9.84 Å². The quantitative estimate of drug-likeness (QED) is 0.351. The zero-order valence-corrected chi connectivity index (χ0v) is 20.4. The molecule has 0 unspecified atom stereocenters. The van der Waals surface area contributed by atoms with Gasteiger partial charge in [0.25, 0.3) is 0 Å². The summed E-state index contributed by atoms with van der Waals surface area (Å²) in [6, 6.07) is 21.8. The molecule has 0 spiro atoms. The molecule has 2 N–H and O–H groups in total. The zero-order valence-electron chi connectivity index (χ0n) is 20.4. The molecule has 0 amide bonds. The standard InChI is InChI=1S/C32H32O4/c33-29-9-6-21(7-11-31(34)35)15-27(29)26-8-10-30(36-20-22-4-2-1-3-5-22)28(16-26)32-17-23-12-24(18-32)14-25(13-23)19-32/h1-11,15-16,23-25,33H,12-14,17-20H2,(H,34,35)/b11-7+. The van der Waals surface area contributed by atoms with Gasteiger partial charge in [-0.25, -0.2) is 4.79 Å². The molecule has 0 heterocycles. The Balaban J connectivity index is 1.41. The number of carbonyl (C=O) groups is 1. The summed E-state index contributed by atoms with van der Waals surface area (Å²) in [6.07, 6.45) is 10.5. The first-order valence-electron chi connectivity index (χ1n) is 13.0. The summed E-state index contributed by atoms with van der Waals surface area (Å²) in [5.41, 5.74) is 4.95. The number of phenols is 1. The predicted molar refractivity (Wildman–Crippen MR) is 141 cm³/mol. The highest BCUT2D eigenvalue weighted by molar-refractivity contribution is 5.86. The van der Waals surface area contributed by atoms with Gasteiger partial charge in [-0.05, 0) is 109 Å². The van der Waals surface area contributed by atoms with Gasteiger partial charge in [0.1, 0.15) is 18.1 Å². The van der Waals surface area contributed by atoms with Crippen molar-refractivity contribution >= 4 is 12.0 Å². The first kappa shape index (κ1) is 22.9. The van der Waals surface area contributed by atoms with E-state index in [2.05, 4.69) is 24.3 Å². The van der Waals surface area contributed by atoms with Crippen LogP contribution >= 0.6 is 0 Å². The van der Waals surface area contributed by atoms with Gasteiger partial charge < -0.3 is 14.9 Å². The lowest BCUT2D eigenvalue weighted by atomic mass is 9.48. The van der Waals surface area contributed by atoms with E-state index in [9.17, 15) is 9.90 Å². The molecular formula is C32H32O4. The van der Waals surface area contributed by atoms with Crippen molar-refractivity contribution in [1.29, 1.82) is 0 Å². The molecule has 7 rings (SSSR count). The van der Waals surface area contributed by atoms with Gasteiger partial charge in [0.15, 0.2) is 0 Å². The number of phenolic OH excluding ortho intramolecular Hbond substituents is 1. The van der Waals surface area contributed by atoms with Crippen molar-refractivity contribution in [3.8, 4) is 22.6 Å². The Labute approximate surface area is 212 Å². The molecule has 0 radical (unpaired) electrons. The van der Waals surface area contributed by atoms with E-state index in [1.165, 1.54) is 44.1 Å². The molecule has 3 aromatic carbocycles. The highest BCUT2D eigenvalue weighted by Crippen LogP contribution is 2.62. The minimum atomic E-state index is -0.992. The van der Waals surface area contributed by atoms with Gasteiger partial charge in [0.05, 0.1) is 0 Å². The fourth-order valence-corrected chi connectivity index (χ4v) is 7.47. The van der Waals surface area contributed by atoms with Crippen LogP contribution < -0.4 is 4.74 Å². The first-order valence-corrected chi connectivity index (χ1v) is 13.0. The van der Waals surface area contributed by atoms with E-state index >= 15 is 0 Å². The Hall–Kier alpha value is -3.53. The number of carboxylic acids is 1. The molecule has 4 bridgehead atoms. The highest BCUT2D eigenvalue weighted by atomic mass is 16.5. The van der Waals surface area contributed by atoms with Crippen LogP contribution in [0.2, 0.25) is 0 Å². The van der Waals surface area contributed by atoms with Crippen molar-refractivity contribution in [2.75, 3.05) is 0 Å². The van der Waals surface area contributed by atoms with E-state index < -0.39 is 5.97 Å². The van der Waals surface area contributed by atoms with Crippen LogP contribution in [0.15, 0.2) is 72.8 Å². The minimum Gasteiger partial charge on any atom is -0.507 e. The third-order valence-electron chi connectivity index (χ3n) is 8.58. The summed E-state index contributed by atoms with van der Waals surface area (Å²) in [7, 11) is 0. The SMILES string of the molecule is O=C(O)/C=C/c1ccc(O)c(-c2ccc(OCc3ccccc3)c(C34CC5CC(CC(C5)C3)C4)c2)c1. The van der Waals surface area contributed by atoms with Crippen molar-refractivity contribution in [1.82, 2.24) is 0 Å². The second kappa shape index (κ2) is 9.16. The van der Waals surface area contributed by atoms with Gasteiger partial charge in [0.2, 0.25) is 0 Å². The average molecular weight is 481 g/mol. The highest BCUT2D eigenvalue weighted by Gasteiger charge is 2.52. The largest absolute Gasteiger partial charge is 0.507 e. The van der Waals surface area contributed by atoms with Crippen LogP contribution in [0.1, 0.15) is 55.2 Å². The lowest BCUT2D eigenvalue weighted by Gasteiger charge is -2.57. The number of rotatable bonds is 7. The molecule has 4 saturated carbocycles. The average Bonchev–Trinajstić information content (AvgIpc) is 2.87. The molecule has 4 aliphatic rings. The van der Waals surface area contributed by atoms with Crippen LogP contribution in [0.5, 0.6) is 11.5 Å². The van der Waals surface area contributed by atoms with Gasteiger partial charge in [-0.15, -0.1) is 0 Å². The van der Waals surface area contributed by atoms with Gasteiger partial charge in [0, 0.05) is 17.2 Å². The predicted octanol–water partition coefficient (Wildman–Crippen LogP) is 7.20. The molecule has 184 valence electrons. The van der Waals surface area contributed by atoms with Gasteiger partial charge in [-0.1, -0.05) is 42.5 Å².